The molecule has 0 aliphatic rings. The summed E-state index contributed by atoms with van der Waals surface area (Å²) in [5, 5.41) is 11.8. The van der Waals surface area contributed by atoms with Crippen LogP contribution >= 0.6 is 15.9 Å². The highest BCUT2D eigenvalue weighted by atomic mass is 79.9. The summed E-state index contributed by atoms with van der Waals surface area (Å²) in [5.41, 5.74) is 2.76. The van der Waals surface area contributed by atoms with Gasteiger partial charge in [-0.1, -0.05) is 30.3 Å². The van der Waals surface area contributed by atoms with E-state index in [0.29, 0.717) is 11.7 Å². The SMILES string of the molecule is COc1ccccc1-c1ccc(OCc2nnnn2-c2ccccc2Br)nc1. The minimum Gasteiger partial charge on any atom is -0.496 e. The number of hydrogen-bond acceptors (Lipinski definition) is 6. The lowest BCUT2D eigenvalue weighted by Gasteiger charge is -2.10. The summed E-state index contributed by atoms with van der Waals surface area (Å²) in [6.07, 6.45) is 1.75. The molecule has 4 rings (SSSR count). The average Bonchev–Trinajstić information content (AvgIpc) is 3.21. The van der Waals surface area contributed by atoms with E-state index >= 15 is 0 Å². The highest BCUT2D eigenvalue weighted by molar-refractivity contribution is 9.10. The molecule has 4 aromatic rings. The minimum absolute atomic E-state index is 0.190. The van der Waals surface area contributed by atoms with Gasteiger partial charge in [-0.2, -0.15) is 4.68 Å². The first-order chi connectivity index (χ1) is 13.8. The summed E-state index contributed by atoms with van der Waals surface area (Å²) < 4.78 is 13.7. The Morgan fingerprint density at radius 3 is 2.61 bits per heavy atom. The Morgan fingerprint density at radius 2 is 1.82 bits per heavy atom. The first-order valence-corrected chi connectivity index (χ1v) is 9.30. The summed E-state index contributed by atoms with van der Waals surface area (Å²) in [6.45, 7) is 0.190. The van der Waals surface area contributed by atoms with E-state index in [9.17, 15) is 0 Å². The van der Waals surface area contributed by atoms with Gasteiger partial charge in [-0.25, -0.2) is 4.98 Å². The molecule has 2 aromatic heterocycles. The van der Waals surface area contributed by atoms with Crippen molar-refractivity contribution in [3.63, 3.8) is 0 Å². The Kier molecular flexibility index (Phi) is 5.29. The second-order valence-electron chi connectivity index (χ2n) is 5.83. The lowest BCUT2D eigenvalue weighted by atomic mass is 10.1. The first-order valence-electron chi connectivity index (χ1n) is 8.50. The molecule has 0 N–H and O–H groups in total. The number of methoxy groups -OCH3 is 1. The van der Waals surface area contributed by atoms with Crippen LogP contribution in [0.15, 0.2) is 71.3 Å². The van der Waals surface area contributed by atoms with Crippen molar-refractivity contribution in [2.75, 3.05) is 7.11 Å². The van der Waals surface area contributed by atoms with E-state index in [1.165, 1.54) is 0 Å². The van der Waals surface area contributed by atoms with Gasteiger partial charge in [0.2, 0.25) is 5.88 Å². The molecule has 8 heteroatoms. The molecule has 2 aromatic carbocycles. The highest BCUT2D eigenvalue weighted by Crippen LogP contribution is 2.29. The summed E-state index contributed by atoms with van der Waals surface area (Å²) in [4.78, 5) is 4.38. The molecule has 0 unspecified atom stereocenters. The fraction of sp³-hybridized carbons (Fsp3) is 0.100. The molecule has 2 heterocycles. The second-order valence-corrected chi connectivity index (χ2v) is 6.69. The van der Waals surface area contributed by atoms with Crippen LogP contribution in [0.4, 0.5) is 0 Å². The molecule has 0 saturated carbocycles. The Labute approximate surface area is 170 Å². The maximum atomic E-state index is 5.78. The fourth-order valence-corrected chi connectivity index (χ4v) is 3.21. The third-order valence-corrected chi connectivity index (χ3v) is 4.79. The molecule has 28 heavy (non-hydrogen) atoms. The van der Waals surface area contributed by atoms with Gasteiger partial charge in [-0.05, 0) is 50.6 Å². The lowest BCUT2D eigenvalue weighted by Crippen LogP contribution is -2.08. The van der Waals surface area contributed by atoms with Crippen LogP contribution in [0.25, 0.3) is 16.8 Å². The molecule has 7 nitrogen and oxygen atoms in total. The molecule has 0 radical (unpaired) electrons. The van der Waals surface area contributed by atoms with Crippen molar-refractivity contribution < 1.29 is 9.47 Å². The maximum absolute atomic E-state index is 5.78. The number of pyridine rings is 1. The van der Waals surface area contributed by atoms with Crippen LogP contribution in [0.3, 0.4) is 0 Å². The standard InChI is InChI=1S/C20H16BrN5O2/c1-27-18-9-5-2-6-15(18)14-10-11-20(22-12-14)28-13-19-23-24-25-26(19)17-8-4-3-7-16(17)21/h2-12H,13H2,1H3. The molecule has 0 aliphatic carbocycles. The van der Waals surface area contributed by atoms with Crippen molar-refractivity contribution in [1.82, 2.24) is 25.2 Å². The highest BCUT2D eigenvalue weighted by Gasteiger charge is 2.12. The van der Waals surface area contributed by atoms with Gasteiger partial charge in [-0.15, -0.1) is 5.10 Å². The number of benzene rings is 2. The van der Waals surface area contributed by atoms with Crippen molar-refractivity contribution in [1.29, 1.82) is 0 Å². The van der Waals surface area contributed by atoms with Crippen LogP contribution in [0.5, 0.6) is 11.6 Å². The fourth-order valence-electron chi connectivity index (χ4n) is 2.75. The van der Waals surface area contributed by atoms with E-state index in [1.54, 1.807) is 18.0 Å². The molecule has 0 atom stereocenters. The predicted molar refractivity (Wildman–Crippen MR) is 107 cm³/mol. The summed E-state index contributed by atoms with van der Waals surface area (Å²) in [7, 11) is 1.65. The number of nitrogens with zero attached hydrogens (tertiary/aromatic N) is 5. The number of ether oxygens (including phenoxy) is 2. The normalized spacial score (nSPS) is 10.6. The van der Waals surface area contributed by atoms with Gasteiger partial charge in [0, 0.05) is 27.9 Å². The Morgan fingerprint density at radius 1 is 1.00 bits per heavy atom. The molecule has 0 saturated heterocycles. The zero-order valence-corrected chi connectivity index (χ0v) is 16.6. The van der Waals surface area contributed by atoms with Gasteiger partial charge in [0.15, 0.2) is 12.4 Å². The van der Waals surface area contributed by atoms with Crippen LogP contribution in [0.1, 0.15) is 5.82 Å². The number of aromatic nitrogens is 5. The van der Waals surface area contributed by atoms with Gasteiger partial charge in [0.1, 0.15) is 5.75 Å². The molecular formula is C20H16BrN5O2. The van der Waals surface area contributed by atoms with Crippen molar-refractivity contribution in [3.05, 3.63) is 77.2 Å². The summed E-state index contributed by atoms with van der Waals surface area (Å²) in [5.74, 6) is 1.86. The minimum atomic E-state index is 0.190. The van der Waals surface area contributed by atoms with E-state index in [-0.39, 0.29) is 6.61 Å². The molecule has 0 fully saturated rings. The van der Waals surface area contributed by atoms with Crippen molar-refractivity contribution in [2.45, 2.75) is 6.61 Å². The van der Waals surface area contributed by atoms with E-state index < -0.39 is 0 Å². The number of halogens is 1. The number of hydrogen-bond donors (Lipinski definition) is 0. The van der Waals surface area contributed by atoms with Crippen molar-refractivity contribution in [2.24, 2.45) is 0 Å². The molecule has 140 valence electrons. The van der Waals surface area contributed by atoms with Crippen LogP contribution in [0, 0.1) is 0 Å². The van der Waals surface area contributed by atoms with Crippen LogP contribution in [-0.4, -0.2) is 32.3 Å². The summed E-state index contributed by atoms with van der Waals surface area (Å²) >= 11 is 3.51. The maximum Gasteiger partial charge on any atom is 0.213 e. The molecular weight excluding hydrogens is 422 g/mol. The monoisotopic (exact) mass is 437 g/mol. The average molecular weight is 438 g/mol. The second kappa shape index (κ2) is 8.18. The van der Waals surface area contributed by atoms with E-state index in [0.717, 1.165) is 27.0 Å². The van der Waals surface area contributed by atoms with Gasteiger partial charge in [0.05, 0.1) is 12.8 Å². The van der Waals surface area contributed by atoms with E-state index in [2.05, 4.69) is 36.4 Å². The third-order valence-electron chi connectivity index (χ3n) is 4.12. The molecule has 0 bridgehead atoms. The van der Waals surface area contributed by atoms with E-state index in [4.69, 9.17) is 9.47 Å². The van der Waals surface area contributed by atoms with Crippen molar-refractivity contribution in [3.8, 4) is 28.4 Å². The molecule has 0 aliphatic heterocycles. The van der Waals surface area contributed by atoms with Crippen molar-refractivity contribution >= 4 is 15.9 Å². The predicted octanol–water partition coefficient (Wildman–Crippen LogP) is 4.07. The van der Waals surface area contributed by atoms with Crippen LogP contribution < -0.4 is 9.47 Å². The Balaban J connectivity index is 1.50. The van der Waals surface area contributed by atoms with Gasteiger partial charge >= 0.3 is 0 Å². The van der Waals surface area contributed by atoms with E-state index in [1.807, 2.05) is 60.7 Å². The Bertz CT molecular complexity index is 1080. The van der Waals surface area contributed by atoms with Gasteiger partial charge in [0.25, 0.3) is 0 Å². The summed E-state index contributed by atoms with van der Waals surface area (Å²) in [6, 6.07) is 19.3. The molecule has 0 spiro atoms. The Hall–Kier alpha value is -3.26. The number of rotatable bonds is 6. The lowest BCUT2D eigenvalue weighted by molar-refractivity contribution is 0.281. The van der Waals surface area contributed by atoms with Crippen LogP contribution in [-0.2, 0) is 6.61 Å². The van der Waals surface area contributed by atoms with Gasteiger partial charge < -0.3 is 9.47 Å². The first kappa shape index (κ1) is 18.1. The zero-order valence-electron chi connectivity index (χ0n) is 15.0. The molecule has 0 amide bonds. The largest absolute Gasteiger partial charge is 0.496 e. The third kappa shape index (κ3) is 3.72. The number of para-hydroxylation sites is 2. The van der Waals surface area contributed by atoms with Gasteiger partial charge in [-0.3, -0.25) is 0 Å². The quantitative estimate of drug-likeness (QED) is 0.452. The van der Waals surface area contributed by atoms with Crippen LogP contribution in [0.2, 0.25) is 0 Å². The number of tetrazole rings is 1. The smallest absolute Gasteiger partial charge is 0.213 e. The topological polar surface area (TPSA) is 75.0 Å². The zero-order chi connectivity index (χ0) is 19.3.